The minimum atomic E-state index is -1.05. The number of hydrogen-bond acceptors (Lipinski definition) is 4. The summed E-state index contributed by atoms with van der Waals surface area (Å²) in [7, 11) is 0. The van der Waals surface area contributed by atoms with Gasteiger partial charge >= 0.3 is 11.9 Å². The van der Waals surface area contributed by atoms with Crippen LogP contribution < -0.4 is 0 Å². The van der Waals surface area contributed by atoms with E-state index < -0.39 is 11.9 Å². The normalized spacial score (nSPS) is 9.50. The number of carbonyl (C=O) groups excluding carboxylic acids is 1. The highest BCUT2D eigenvalue weighted by atomic mass is 16.5. The molecule has 0 aliphatic rings. The topological polar surface area (TPSA) is 83.8 Å². The minimum absolute atomic E-state index is 0.0152. The number of aliphatic carboxylic acids is 1. The van der Waals surface area contributed by atoms with Gasteiger partial charge in [0.1, 0.15) is 6.61 Å². The molecule has 2 N–H and O–H groups in total. The number of aliphatic hydroxyl groups is 1. The van der Waals surface area contributed by atoms with E-state index in [1.165, 1.54) is 0 Å². The third-order valence-corrected chi connectivity index (χ3v) is 1.52. The predicted octanol–water partition coefficient (Wildman–Crippen LogP) is 0.333. The maximum Gasteiger partial charge on any atom is 0.330 e. The molecule has 14 heavy (non-hydrogen) atoms. The van der Waals surface area contributed by atoms with Gasteiger partial charge in [0.15, 0.2) is 0 Å². The summed E-state index contributed by atoms with van der Waals surface area (Å²) in [5.74, 6) is -1.48. The molecule has 0 aromatic rings. The van der Waals surface area contributed by atoms with E-state index >= 15 is 0 Å². The van der Waals surface area contributed by atoms with E-state index in [9.17, 15) is 9.59 Å². The molecule has 80 valence electrons. The molecule has 0 saturated heterocycles. The summed E-state index contributed by atoms with van der Waals surface area (Å²) in [6.07, 6.45) is 0.811. The molecule has 0 aromatic carbocycles. The Morgan fingerprint density at radius 2 is 1.93 bits per heavy atom. The zero-order valence-electron chi connectivity index (χ0n) is 7.86. The smallest absolute Gasteiger partial charge is 0.330 e. The zero-order valence-corrected chi connectivity index (χ0v) is 7.86. The van der Waals surface area contributed by atoms with Gasteiger partial charge in [0.25, 0.3) is 0 Å². The summed E-state index contributed by atoms with van der Waals surface area (Å²) in [6.45, 7) is 3.11. The molecular formula is C9H14O5. The third-order valence-electron chi connectivity index (χ3n) is 1.52. The summed E-state index contributed by atoms with van der Waals surface area (Å²) in [4.78, 5) is 21.1. The van der Waals surface area contributed by atoms with Crippen molar-refractivity contribution in [2.24, 2.45) is 0 Å². The van der Waals surface area contributed by atoms with Crippen molar-refractivity contribution in [1.29, 1.82) is 0 Å². The molecule has 5 heteroatoms. The number of hydrogen-bond donors (Lipinski definition) is 2. The number of ether oxygens (including phenoxy) is 1. The van der Waals surface area contributed by atoms with Crippen molar-refractivity contribution < 1.29 is 24.5 Å². The second-order valence-corrected chi connectivity index (χ2v) is 2.71. The Hall–Kier alpha value is -1.36. The standard InChI is InChI=1S/C9H14O5/c1-7(9(12)13)3-2-4-8(11)14-6-5-10/h10H,1-6H2,(H,12,13). The van der Waals surface area contributed by atoms with Gasteiger partial charge in [-0.25, -0.2) is 4.79 Å². The largest absolute Gasteiger partial charge is 0.478 e. The van der Waals surface area contributed by atoms with E-state index in [1.807, 2.05) is 0 Å². The van der Waals surface area contributed by atoms with Crippen LogP contribution in [0.1, 0.15) is 19.3 Å². The maximum absolute atomic E-state index is 10.8. The number of rotatable bonds is 7. The Morgan fingerprint density at radius 3 is 2.43 bits per heavy atom. The molecule has 0 bridgehead atoms. The van der Waals surface area contributed by atoms with Crippen molar-refractivity contribution in [2.45, 2.75) is 19.3 Å². The zero-order chi connectivity index (χ0) is 11.0. The molecule has 0 aromatic heterocycles. The molecule has 0 atom stereocenters. The van der Waals surface area contributed by atoms with Gasteiger partial charge in [-0.05, 0) is 12.8 Å². The number of aliphatic hydroxyl groups excluding tert-OH is 1. The van der Waals surface area contributed by atoms with Crippen molar-refractivity contribution in [3.05, 3.63) is 12.2 Å². The maximum atomic E-state index is 10.8. The summed E-state index contributed by atoms with van der Waals surface area (Å²) in [5, 5.41) is 16.8. The van der Waals surface area contributed by atoms with Gasteiger partial charge in [-0.1, -0.05) is 6.58 Å². The summed E-state index contributed by atoms with van der Waals surface area (Å²) in [5.41, 5.74) is 0.0833. The fraction of sp³-hybridized carbons (Fsp3) is 0.556. The molecule has 0 saturated carbocycles. The van der Waals surface area contributed by atoms with Crippen LogP contribution in [-0.2, 0) is 14.3 Å². The number of carboxylic acids is 1. The van der Waals surface area contributed by atoms with Crippen LogP contribution in [0.2, 0.25) is 0 Å². The van der Waals surface area contributed by atoms with E-state index in [4.69, 9.17) is 10.2 Å². The number of carbonyl (C=O) groups is 2. The first-order valence-electron chi connectivity index (χ1n) is 4.25. The first kappa shape index (κ1) is 12.6. The molecule has 0 rings (SSSR count). The molecule has 5 nitrogen and oxygen atoms in total. The molecule has 0 spiro atoms. The van der Waals surface area contributed by atoms with Gasteiger partial charge in [-0.3, -0.25) is 4.79 Å². The van der Waals surface area contributed by atoms with Crippen molar-refractivity contribution in [3.8, 4) is 0 Å². The first-order chi connectivity index (χ1) is 6.57. The Bertz CT molecular complexity index is 221. The minimum Gasteiger partial charge on any atom is -0.478 e. The van der Waals surface area contributed by atoms with E-state index in [2.05, 4.69) is 11.3 Å². The van der Waals surface area contributed by atoms with Crippen molar-refractivity contribution in [3.63, 3.8) is 0 Å². The Kier molecular flexibility index (Phi) is 6.39. The van der Waals surface area contributed by atoms with E-state index in [0.717, 1.165) is 0 Å². The first-order valence-corrected chi connectivity index (χ1v) is 4.25. The lowest BCUT2D eigenvalue weighted by atomic mass is 10.1. The second-order valence-electron chi connectivity index (χ2n) is 2.71. The van der Waals surface area contributed by atoms with Crippen LogP contribution in [-0.4, -0.2) is 35.4 Å². The van der Waals surface area contributed by atoms with Crippen LogP contribution in [0.5, 0.6) is 0 Å². The van der Waals surface area contributed by atoms with E-state index in [-0.39, 0.29) is 31.6 Å². The molecule has 0 aliphatic heterocycles. The SMILES string of the molecule is C=C(CCCC(=O)OCCO)C(=O)O. The van der Waals surface area contributed by atoms with Crippen LogP contribution in [0.4, 0.5) is 0 Å². The van der Waals surface area contributed by atoms with Crippen LogP contribution in [0, 0.1) is 0 Å². The quantitative estimate of drug-likeness (QED) is 0.459. The molecule has 0 heterocycles. The summed E-state index contributed by atoms with van der Waals surface area (Å²) in [6, 6.07) is 0. The predicted molar refractivity (Wildman–Crippen MR) is 48.7 cm³/mol. The lowest BCUT2D eigenvalue weighted by Gasteiger charge is -2.02. The van der Waals surface area contributed by atoms with Crippen LogP contribution in [0.25, 0.3) is 0 Å². The van der Waals surface area contributed by atoms with Crippen molar-refractivity contribution >= 4 is 11.9 Å². The highest BCUT2D eigenvalue weighted by molar-refractivity contribution is 5.85. The van der Waals surface area contributed by atoms with E-state index in [1.54, 1.807) is 0 Å². The summed E-state index contributed by atoms with van der Waals surface area (Å²) >= 11 is 0. The van der Waals surface area contributed by atoms with Gasteiger partial charge in [0.05, 0.1) is 6.61 Å². The van der Waals surface area contributed by atoms with Crippen LogP contribution >= 0.6 is 0 Å². The fourth-order valence-electron chi connectivity index (χ4n) is 0.785. The lowest BCUT2D eigenvalue weighted by molar-refractivity contribution is -0.144. The highest BCUT2D eigenvalue weighted by Gasteiger charge is 2.06. The molecule has 0 radical (unpaired) electrons. The molecule has 0 aliphatic carbocycles. The second kappa shape index (κ2) is 7.08. The molecular weight excluding hydrogens is 188 g/mol. The number of carboxylic acid groups (broad SMARTS) is 1. The average molecular weight is 202 g/mol. The van der Waals surface area contributed by atoms with Gasteiger partial charge in [-0.2, -0.15) is 0 Å². The lowest BCUT2D eigenvalue weighted by Crippen LogP contribution is -2.08. The monoisotopic (exact) mass is 202 g/mol. The Labute approximate surface area is 82.0 Å². The van der Waals surface area contributed by atoms with Crippen molar-refractivity contribution in [1.82, 2.24) is 0 Å². The summed E-state index contributed by atoms with van der Waals surface area (Å²) < 4.78 is 4.57. The third kappa shape index (κ3) is 6.19. The fourth-order valence-corrected chi connectivity index (χ4v) is 0.785. The van der Waals surface area contributed by atoms with Gasteiger partial charge in [0, 0.05) is 12.0 Å². The van der Waals surface area contributed by atoms with E-state index in [0.29, 0.717) is 6.42 Å². The molecule has 0 amide bonds. The van der Waals surface area contributed by atoms with Gasteiger partial charge in [0.2, 0.25) is 0 Å². The Balaban J connectivity index is 3.49. The van der Waals surface area contributed by atoms with Gasteiger partial charge < -0.3 is 14.9 Å². The van der Waals surface area contributed by atoms with Crippen LogP contribution in [0.3, 0.4) is 0 Å². The average Bonchev–Trinajstić information content (AvgIpc) is 2.14. The Morgan fingerprint density at radius 1 is 1.29 bits per heavy atom. The molecule has 0 unspecified atom stereocenters. The highest BCUT2D eigenvalue weighted by Crippen LogP contribution is 2.05. The van der Waals surface area contributed by atoms with Gasteiger partial charge in [-0.15, -0.1) is 0 Å². The van der Waals surface area contributed by atoms with Crippen molar-refractivity contribution in [2.75, 3.05) is 13.2 Å². The molecule has 0 fully saturated rings. The number of esters is 1. The van der Waals surface area contributed by atoms with Crippen LogP contribution in [0.15, 0.2) is 12.2 Å².